The Morgan fingerprint density at radius 1 is 1.47 bits per heavy atom. The van der Waals surface area contributed by atoms with Crippen LogP contribution in [-0.4, -0.2) is 42.0 Å². The molecule has 2 rings (SSSR count). The quantitative estimate of drug-likeness (QED) is 0.783. The molecule has 0 aromatic heterocycles. The van der Waals surface area contributed by atoms with Crippen molar-refractivity contribution in [3.63, 3.8) is 0 Å². The number of halogens is 3. The highest BCUT2D eigenvalue weighted by molar-refractivity contribution is 6.18. The van der Waals surface area contributed by atoms with Crippen molar-refractivity contribution in [2.24, 2.45) is 0 Å². The van der Waals surface area contributed by atoms with Crippen LogP contribution in [0.3, 0.4) is 0 Å². The molecule has 0 N–H and O–H groups in total. The first kappa shape index (κ1) is 14.2. The molecule has 1 aliphatic heterocycles. The van der Waals surface area contributed by atoms with Crippen molar-refractivity contribution in [3.8, 4) is 0 Å². The zero-order chi connectivity index (χ0) is 14.0. The first-order chi connectivity index (χ1) is 9.01. The van der Waals surface area contributed by atoms with E-state index >= 15 is 0 Å². The van der Waals surface area contributed by atoms with Crippen molar-refractivity contribution in [2.45, 2.75) is 19.1 Å². The molecule has 19 heavy (non-hydrogen) atoms. The molecule has 0 saturated carbocycles. The average Bonchev–Trinajstić information content (AvgIpc) is 2.37. The summed E-state index contributed by atoms with van der Waals surface area (Å²) in [6.45, 7) is 2.49. The lowest BCUT2D eigenvalue weighted by Crippen LogP contribution is -2.50. The number of carbonyl (C=O) groups is 1. The van der Waals surface area contributed by atoms with Crippen LogP contribution in [0.15, 0.2) is 18.2 Å². The Morgan fingerprint density at radius 2 is 2.21 bits per heavy atom. The van der Waals surface area contributed by atoms with E-state index < -0.39 is 17.5 Å². The molecular weight excluding hydrogens is 276 g/mol. The highest BCUT2D eigenvalue weighted by Gasteiger charge is 2.29. The number of rotatable bonds is 2. The monoisotopic (exact) mass is 289 g/mol. The van der Waals surface area contributed by atoms with Gasteiger partial charge in [-0.15, -0.1) is 11.6 Å². The third-order valence-electron chi connectivity index (χ3n) is 2.95. The molecule has 104 valence electrons. The molecule has 0 radical (unpaired) electrons. The van der Waals surface area contributed by atoms with E-state index in [9.17, 15) is 13.6 Å². The summed E-state index contributed by atoms with van der Waals surface area (Å²) in [6.07, 6.45) is -0.428. The molecule has 0 spiro atoms. The maximum Gasteiger partial charge on any atom is 0.257 e. The van der Waals surface area contributed by atoms with Crippen LogP contribution in [-0.2, 0) is 4.74 Å². The van der Waals surface area contributed by atoms with E-state index in [2.05, 4.69) is 0 Å². The van der Waals surface area contributed by atoms with Gasteiger partial charge < -0.3 is 9.64 Å². The number of hydrogen-bond acceptors (Lipinski definition) is 2. The summed E-state index contributed by atoms with van der Waals surface area (Å²) in [5.41, 5.74) is -0.135. The zero-order valence-corrected chi connectivity index (χ0v) is 11.2. The number of nitrogens with zero attached hydrogens (tertiary/aromatic N) is 1. The van der Waals surface area contributed by atoms with Gasteiger partial charge in [-0.1, -0.05) is 0 Å². The smallest absolute Gasteiger partial charge is 0.257 e. The lowest BCUT2D eigenvalue weighted by atomic mass is 10.1. The second-order valence-electron chi connectivity index (χ2n) is 4.56. The predicted octanol–water partition coefficient (Wildman–Crippen LogP) is 2.43. The lowest BCUT2D eigenvalue weighted by molar-refractivity contribution is -0.0571. The average molecular weight is 290 g/mol. The Kier molecular flexibility index (Phi) is 4.37. The Hall–Kier alpha value is -1.20. The van der Waals surface area contributed by atoms with E-state index in [0.29, 0.717) is 19.2 Å². The van der Waals surface area contributed by atoms with Gasteiger partial charge in [0.2, 0.25) is 0 Å². The largest absolute Gasteiger partial charge is 0.370 e. The summed E-state index contributed by atoms with van der Waals surface area (Å²) in [5.74, 6) is -1.77. The van der Waals surface area contributed by atoms with Crippen LogP contribution in [0.25, 0.3) is 0 Å². The Labute approximate surface area is 115 Å². The van der Waals surface area contributed by atoms with Gasteiger partial charge in [-0.05, 0) is 19.1 Å². The van der Waals surface area contributed by atoms with Gasteiger partial charge in [-0.3, -0.25) is 4.79 Å². The summed E-state index contributed by atoms with van der Waals surface area (Å²) in [4.78, 5) is 13.7. The van der Waals surface area contributed by atoms with E-state index in [1.807, 2.05) is 6.92 Å². The van der Waals surface area contributed by atoms with E-state index in [1.165, 1.54) is 4.90 Å². The van der Waals surface area contributed by atoms with Crippen LogP contribution in [0, 0.1) is 11.6 Å². The number of benzene rings is 1. The fourth-order valence-electron chi connectivity index (χ4n) is 2.13. The van der Waals surface area contributed by atoms with Crippen molar-refractivity contribution < 1.29 is 18.3 Å². The highest BCUT2D eigenvalue weighted by Crippen LogP contribution is 2.17. The molecule has 1 fully saturated rings. The minimum absolute atomic E-state index is 0.135. The van der Waals surface area contributed by atoms with Crippen LogP contribution in [0.4, 0.5) is 8.78 Å². The van der Waals surface area contributed by atoms with Gasteiger partial charge in [0, 0.05) is 19.2 Å². The number of morpholine rings is 1. The van der Waals surface area contributed by atoms with Gasteiger partial charge in [-0.25, -0.2) is 8.78 Å². The van der Waals surface area contributed by atoms with E-state index in [4.69, 9.17) is 16.3 Å². The second kappa shape index (κ2) is 5.84. The molecule has 1 aromatic rings. The standard InChI is InChI=1S/C13H14ClF2NO2/c1-8-6-17(7-10(5-14)19-8)13(18)11-3-2-9(15)4-12(11)16/h2-4,8,10H,5-7H2,1H3. The Bertz CT molecular complexity index is 484. The molecule has 0 aliphatic carbocycles. The summed E-state index contributed by atoms with van der Waals surface area (Å²) in [5, 5.41) is 0. The van der Waals surface area contributed by atoms with Gasteiger partial charge in [0.25, 0.3) is 5.91 Å². The lowest BCUT2D eigenvalue weighted by Gasteiger charge is -2.36. The number of hydrogen-bond donors (Lipinski definition) is 0. The molecular formula is C13H14ClF2NO2. The highest BCUT2D eigenvalue weighted by atomic mass is 35.5. The summed E-state index contributed by atoms with van der Waals surface area (Å²) in [6, 6.07) is 2.93. The van der Waals surface area contributed by atoms with Crippen molar-refractivity contribution >= 4 is 17.5 Å². The Morgan fingerprint density at radius 3 is 2.84 bits per heavy atom. The van der Waals surface area contributed by atoms with Gasteiger partial charge in [0.05, 0.1) is 23.7 Å². The normalized spacial score (nSPS) is 23.5. The van der Waals surface area contributed by atoms with Crippen molar-refractivity contribution in [1.82, 2.24) is 4.90 Å². The molecule has 1 heterocycles. The van der Waals surface area contributed by atoms with E-state index in [1.54, 1.807) is 0 Å². The molecule has 2 unspecified atom stereocenters. The van der Waals surface area contributed by atoms with Crippen LogP contribution in [0.5, 0.6) is 0 Å². The first-order valence-corrected chi connectivity index (χ1v) is 6.50. The maximum atomic E-state index is 13.6. The third kappa shape index (κ3) is 3.22. The maximum absolute atomic E-state index is 13.6. The van der Waals surface area contributed by atoms with Crippen molar-refractivity contribution in [3.05, 3.63) is 35.4 Å². The van der Waals surface area contributed by atoms with Crippen LogP contribution < -0.4 is 0 Å². The minimum Gasteiger partial charge on any atom is -0.370 e. The molecule has 2 atom stereocenters. The van der Waals surface area contributed by atoms with Crippen LogP contribution in [0.1, 0.15) is 17.3 Å². The number of alkyl halides is 1. The SMILES string of the molecule is CC1CN(C(=O)c2ccc(F)cc2F)CC(CCl)O1. The van der Waals surface area contributed by atoms with Gasteiger partial charge in [0.1, 0.15) is 11.6 Å². The van der Waals surface area contributed by atoms with E-state index in [0.717, 1.165) is 12.1 Å². The molecule has 0 bridgehead atoms. The summed E-state index contributed by atoms with van der Waals surface area (Å²) >= 11 is 5.73. The predicted molar refractivity (Wildman–Crippen MR) is 67.3 cm³/mol. The topological polar surface area (TPSA) is 29.5 Å². The van der Waals surface area contributed by atoms with Gasteiger partial charge >= 0.3 is 0 Å². The number of ether oxygens (including phenoxy) is 1. The van der Waals surface area contributed by atoms with E-state index in [-0.39, 0.29) is 23.7 Å². The summed E-state index contributed by atoms with van der Waals surface area (Å²) < 4.78 is 31.9. The van der Waals surface area contributed by atoms with Crippen LogP contribution >= 0.6 is 11.6 Å². The number of amides is 1. The second-order valence-corrected chi connectivity index (χ2v) is 4.87. The molecule has 1 aliphatic rings. The fraction of sp³-hybridized carbons (Fsp3) is 0.462. The minimum atomic E-state index is -0.855. The Balaban J connectivity index is 2.18. The first-order valence-electron chi connectivity index (χ1n) is 5.97. The fourth-order valence-corrected chi connectivity index (χ4v) is 2.30. The molecule has 1 amide bonds. The molecule has 6 heteroatoms. The van der Waals surface area contributed by atoms with Gasteiger partial charge in [-0.2, -0.15) is 0 Å². The number of carbonyl (C=O) groups excluding carboxylic acids is 1. The molecule has 1 saturated heterocycles. The molecule has 1 aromatic carbocycles. The zero-order valence-electron chi connectivity index (χ0n) is 10.4. The van der Waals surface area contributed by atoms with Crippen LogP contribution in [0.2, 0.25) is 0 Å². The van der Waals surface area contributed by atoms with Gasteiger partial charge in [0.15, 0.2) is 0 Å². The molecule has 3 nitrogen and oxygen atoms in total. The van der Waals surface area contributed by atoms with Crippen molar-refractivity contribution in [2.75, 3.05) is 19.0 Å². The third-order valence-corrected chi connectivity index (χ3v) is 3.29. The summed E-state index contributed by atoms with van der Waals surface area (Å²) in [7, 11) is 0. The van der Waals surface area contributed by atoms with Crippen molar-refractivity contribution in [1.29, 1.82) is 0 Å².